The fraction of sp³-hybridized carbons (Fsp3) is 0.364. The van der Waals surface area contributed by atoms with E-state index in [9.17, 15) is 9.59 Å². The fourth-order valence-corrected chi connectivity index (χ4v) is 4.57. The standard InChI is InChI=1S/C22H25N3O3S/c26-21-16-29-20-4-2-1-3-19(20)25(21)15-17-5-7-18(8-6-17)22(27)23-9-10-24-11-13-28-14-12-24/h1-8H,9-16H2,(H,23,27)/p+1. The third-order valence-electron chi connectivity index (χ3n) is 5.33. The normalized spacial score (nSPS) is 17.1. The Balaban J connectivity index is 1.33. The number of fused-ring (bicyclic) bond motifs is 1. The highest BCUT2D eigenvalue weighted by molar-refractivity contribution is 8.00. The van der Waals surface area contributed by atoms with Gasteiger partial charge in [0.1, 0.15) is 13.1 Å². The van der Waals surface area contributed by atoms with Gasteiger partial charge in [0, 0.05) is 10.5 Å². The second-order valence-corrected chi connectivity index (χ2v) is 8.32. The molecule has 0 spiro atoms. The zero-order chi connectivity index (χ0) is 20.1. The summed E-state index contributed by atoms with van der Waals surface area (Å²) in [6, 6.07) is 15.5. The van der Waals surface area contributed by atoms with Crippen LogP contribution >= 0.6 is 11.8 Å². The summed E-state index contributed by atoms with van der Waals surface area (Å²) in [4.78, 5) is 29.2. The number of carbonyl (C=O) groups excluding carboxylic acids is 2. The van der Waals surface area contributed by atoms with E-state index in [0.29, 0.717) is 24.4 Å². The lowest BCUT2D eigenvalue weighted by Crippen LogP contribution is -3.14. The summed E-state index contributed by atoms with van der Waals surface area (Å²) in [6.07, 6.45) is 0. The van der Waals surface area contributed by atoms with Crippen molar-refractivity contribution in [2.24, 2.45) is 0 Å². The maximum absolute atomic E-state index is 12.4. The van der Waals surface area contributed by atoms with Gasteiger partial charge in [-0.05, 0) is 29.8 Å². The zero-order valence-corrected chi connectivity index (χ0v) is 17.2. The lowest BCUT2D eigenvalue weighted by Gasteiger charge is -2.29. The largest absolute Gasteiger partial charge is 0.370 e. The number of thioether (sulfide) groups is 1. The quantitative estimate of drug-likeness (QED) is 0.742. The van der Waals surface area contributed by atoms with Crippen molar-refractivity contribution in [1.29, 1.82) is 0 Å². The first-order valence-corrected chi connectivity index (χ1v) is 11.0. The Kier molecular flexibility index (Phi) is 6.49. The monoisotopic (exact) mass is 412 g/mol. The summed E-state index contributed by atoms with van der Waals surface area (Å²) in [5.41, 5.74) is 2.61. The first kappa shape index (κ1) is 19.9. The molecule has 2 aliphatic rings. The van der Waals surface area contributed by atoms with Crippen molar-refractivity contribution in [2.45, 2.75) is 11.4 Å². The van der Waals surface area contributed by atoms with Gasteiger partial charge in [0.05, 0.1) is 44.3 Å². The first-order chi connectivity index (χ1) is 14.2. The fourth-order valence-electron chi connectivity index (χ4n) is 3.64. The third kappa shape index (κ3) is 4.98. The van der Waals surface area contributed by atoms with Gasteiger partial charge in [-0.2, -0.15) is 0 Å². The molecule has 0 bridgehead atoms. The van der Waals surface area contributed by atoms with E-state index in [0.717, 1.165) is 49.0 Å². The zero-order valence-electron chi connectivity index (χ0n) is 16.4. The van der Waals surface area contributed by atoms with Crippen molar-refractivity contribution < 1.29 is 19.2 Å². The number of benzene rings is 2. The number of rotatable bonds is 6. The predicted octanol–water partition coefficient (Wildman–Crippen LogP) is 0.970. The molecular weight excluding hydrogens is 386 g/mol. The highest BCUT2D eigenvalue weighted by atomic mass is 32.2. The second kappa shape index (κ2) is 9.43. The van der Waals surface area contributed by atoms with Gasteiger partial charge >= 0.3 is 0 Å². The van der Waals surface area contributed by atoms with Crippen molar-refractivity contribution in [1.82, 2.24) is 5.32 Å². The summed E-state index contributed by atoms with van der Waals surface area (Å²) in [5.74, 6) is 0.518. The minimum Gasteiger partial charge on any atom is -0.370 e. The molecule has 2 aromatic rings. The van der Waals surface area contributed by atoms with Crippen molar-refractivity contribution in [3.05, 3.63) is 59.7 Å². The molecule has 1 fully saturated rings. The van der Waals surface area contributed by atoms with Gasteiger partial charge in [-0.1, -0.05) is 24.3 Å². The SMILES string of the molecule is O=C(NCC[NH+]1CCOCC1)c1ccc(CN2C(=O)CSc3ccccc32)cc1. The predicted molar refractivity (Wildman–Crippen MR) is 114 cm³/mol. The van der Waals surface area contributed by atoms with Crippen molar-refractivity contribution in [3.63, 3.8) is 0 Å². The summed E-state index contributed by atoms with van der Waals surface area (Å²) >= 11 is 1.58. The van der Waals surface area contributed by atoms with Crippen LogP contribution in [-0.2, 0) is 16.1 Å². The Morgan fingerprint density at radius 1 is 1.10 bits per heavy atom. The molecule has 0 unspecified atom stereocenters. The molecule has 0 saturated carbocycles. The van der Waals surface area contributed by atoms with Crippen LogP contribution in [0.2, 0.25) is 0 Å². The van der Waals surface area contributed by atoms with Crippen molar-refractivity contribution in [3.8, 4) is 0 Å². The summed E-state index contributed by atoms with van der Waals surface area (Å²) in [7, 11) is 0. The third-order valence-corrected chi connectivity index (χ3v) is 6.38. The first-order valence-electron chi connectivity index (χ1n) is 10.0. The number of nitrogens with one attached hydrogen (secondary N) is 2. The van der Waals surface area contributed by atoms with Gasteiger partial charge in [-0.15, -0.1) is 11.8 Å². The van der Waals surface area contributed by atoms with Crippen molar-refractivity contribution >= 4 is 29.3 Å². The van der Waals surface area contributed by atoms with E-state index in [-0.39, 0.29) is 11.8 Å². The molecule has 0 radical (unpaired) electrons. The van der Waals surface area contributed by atoms with Gasteiger partial charge in [-0.25, -0.2) is 0 Å². The van der Waals surface area contributed by atoms with Crippen LogP contribution < -0.4 is 15.1 Å². The molecular formula is C22H26N3O3S+. The molecule has 0 aliphatic carbocycles. The minimum atomic E-state index is -0.0556. The molecule has 6 nitrogen and oxygen atoms in total. The van der Waals surface area contributed by atoms with Crippen molar-refractivity contribution in [2.75, 3.05) is 50.0 Å². The van der Waals surface area contributed by atoms with Crippen LogP contribution in [0.15, 0.2) is 53.4 Å². The Hall–Kier alpha value is -2.35. The van der Waals surface area contributed by atoms with Gasteiger partial charge < -0.3 is 19.9 Å². The van der Waals surface area contributed by atoms with E-state index in [4.69, 9.17) is 4.74 Å². The molecule has 2 aliphatic heterocycles. The second-order valence-electron chi connectivity index (χ2n) is 7.30. The maximum Gasteiger partial charge on any atom is 0.251 e. The lowest BCUT2D eigenvalue weighted by atomic mass is 10.1. The number of amides is 2. The highest BCUT2D eigenvalue weighted by Gasteiger charge is 2.24. The molecule has 0 aromatic heterocycles. The van der Waals surface area contributed by atoms with E-state index in [2.05, 4.69) is 5.32 Å². The lowest BCUT2D eigenvalue weighted by molar-refractivity contribution is -0.906. The topological polar surface area (TPSA) is 63.1 Å². The molecule has 2 amide bonds. The number of quaternary nitrogens is 1. The van der Waals surface area contributed by atoms with Gasteiger partial charge in [0.25, 0.3) is 5.91 Å². The number of nitrogens with zero attached hydrogens (tertiary/aromatic N) is 1. The number of ether oxygens (including phenoxy) is 1. The Morgan fingerprint density at radius 2 is 1.86 bits per heavy atom. The van der Waals surface area contributed by atoms with Crippen LogP contribution in [0.1, 0.15) is 15.9 Å². The summed E-state index contributed by atoms with van der Waals surface area (Å²) in [5, 5.41) is 3.00. The molecule has 7 heteroatoms. The summed E-state index contributed by atoms with van der Waals surface area (Å²) < 4.78 is 5.35. The van der Waals surface area contributed by atoms with Gasteiger partial charge in [-0.3, -0.25) is 9.59 Å². The van der Waals surface area contributed by atoms with E-state index in [1.165, 1.54) is 4.90 Å². The number of hydrogen-bond donors (Lipinski definition) is 2. The van der Waals surface area contributed by atoms with Crippen LogP contribution in [0.4, 0.5) is 5.69 Å². The molecule has 4 rings (SSSR count). The van der Waals surface area contributed by atoms with Crippen LogP contribution in [0.5, 0.6) is 0 Å². The van der Waals surface area contributed by atoms with E-state index < -0.39 is 0 Å². The average molecular weight is 413 g/mol. The maximum atomic E-state index is 12.4. The average Bonchev–Trinajstić information content (AvgIpc) is 2.77. The number of hydrogen-bond acceptors (Lipinski definition) is 4. The molecule has 1 saturated heterocycles. The smallest absolute Gasteiger partial charge is 0.251 e. The Morgan fingerprint density at radius 3 is 2.66 bits per heavy atom. The van der Waals surface area contributed by atoms with Gasteiger partial charge in [0.15, 0.2) is 0 Å². The molecule has 2 aromatic carbocycles. The summed E-state index contributed by atoms with van der Waals surface area (Å²) in [6.45, 7) is 5.69. The molecule has 2 heterocycles. The number of anilines is 1. The Bertz CT molecular complexity index is 866. The molecule has 0 atom stereocenters. The van der Waals surface area contributed by atoms with Crippen LogP contribution in [0.3, 0.4) is 0 Å². The van der Waals surface area contributed by atoms with E-state index in [1.807, 2.05) is 53.4 Å². The van der Waals surface area contributed by atoms with Crippen LogP contribution in [0.25, 0.3) is 0 Å². The number of morpholine rings is 1. The number of para-hydroxylation sites is 1. The van der Waals surface area contributed by atoms with Crippen LogP contribution in [-0.4, -0.2) is 57.0 Å². The van der Waals surface area contributed by atoms with Gasteiger partial charge in [0.2, 0.25) is 5.91 Å². The highest BCUT2D eigenvalue weighted by Crippen LogP contribution is 2.35. The number of carbonyl (C=O) groups is 2. The molecule has 29 heavy (non-hydrogen) atoms. The van der Waals surface area contributed by atoms with E-state index >= 15 is 0 Å². The van der Waals surface area contributed by atoms with Crippen LogP contribution in [0, 0.1) is 0 Å². The minimum absolute atomic E-state index is 0.0556. The molecule has 152 valence electrons. The molecule has 2 N–H and O–H groups in total. The Labute approximate surface area is 175 Å². The van der Waals surface area contributed by atoms with E-state index in [1.54, 1.807) is 11.8 Å².